The van der Waals surface area contributed by atoms with Crippen LogP contribution in [0.1, 0.15) is 66.2 Å². The molecule has 0 bridgehead atoms. The van der Waals surface area contributed by atoms with Crippen molar-refractivity contribution in [2.45, 2.75) is 90.1 Å². The predicted molar refractivity (Wildman–Crippen MR) is 113 cm³/mol. The Balaban J connectivity index is 2.59. The molecule has 29 heavy (non-hydrogen) atoms. The molecule has 2 unspecified atom stereocenters. The Morgan fingerprint density at radius 1 is 1.07 bits per heavy atom. The summed E-state index contributed by atoms with van der Waals surface area (Å²) in [6.45, 7) is 7.27. The van der Waals surface area contributed by atoms with Crippen LogP contribution in [-0.4, -0.2) is 52.2 Å². The summed E-state index contributed by atoms with van der Waals surface area (Å²) < 4.78 is 11.8. The van der Waals surface area contributed by atoms with Crippen molar-refractivity contribution in [2.24, 2.45) is 23.5 Å². The number of rotatable bonds is 11. The van der Waals surface area contributed by atoms with E-state index >= 15 is 0 Å². The van der Waals surface area contributed by atoms with Gasteiger partial charge >= 0.3 is 8.03 Å². The SMILES string of the molecule is CC(C)[C@@H](N)C(=O)N[C@@H](C(=O)NC[C@H](O)CC(C1CCCCC1)[P+](=O)O)C(C)C. The lowest BCUT2D eigenvalue weighted by Gasteiger charge is -2.26. The monoisotopic (exact) mass is 432 g/mol. The second-order valence-electron chi connectivity index (χ2n) is 8.90. The van der Waals surface area contributed by atoms with Crippen LogP contribution in [-0.2, 0) is 14.2 Å². The van der Waals surface area contributed by atoms with Crippen LogP contribution in [0.25, 0.3) is 0 Å². The molecule has 1 aliphatic carbocycles. The molecule has 1 aliphatic rings. The second kappa shape index (κ2) is 12.6. The quantitative estimate of drug-likeness (QED) is 0.314. The van der Waals surface area contributed by atoms with Crippen molar-refractivity contribution < 1.29 is 24.2 Å². The smallest absolute Gasteiger partial charge is 0.391 e. The van der Waals surface area contributed by atoms with Gasteiger partial charge in [-0.05, 0) is 29.2 Å². The van der Waals surface area contributed by atoms with E-state index in [-0.39, 0.29) is 36.6 Å². The van der Waals surface area contributed by atoms with E-state index in [4.69, 9.17) is 5.73 Å². The Bertz CT molecular complexity index is 552. The molecule has 0 aromatic heterocycles. The van der Waals surface area contributed by atoms with Gasteiger partial charge in [-0.25, -0.2) is 0 Å². The van der Waals surface area contributed by atoms with Gasteiger partial charge in [0.05, 0.1) is 12.1 Å². The van der Waals surface area contributed by atoms with E-state index in [0.29, 0.717) is 0 Å². The summed E-state index contributed by atoms with van der Waals surface area (Å²) in [4.78, 5) is 34.5. The minimum Gasteiger partial charge on any atom is -0.391 e. The first-order valence-corrected chi connectivity index (χ1v) is 12.0. The summed E-state index contributed by atoms with van der Waals surface area (Å²) in [5.41, 5.74) is 5.39. The van der Waals surface area contributed by atoms with Gasteiger partial charge in [0.25, 0.3) is 0 Å². The number of nitrogens with two attached hydrogens (primary N) is 1. The zero-order chi connectivity index (χ0) is 22.1. The van der Waals surface area contributed by atoms with E-state index in [1.54, 1.807) is 0 Å². The van der Waals surface area contributed by atoms with Gasteiger partial charge in [0, 0.05) is 18.9 Å². The molecule has 0 aliphatic heterocycles. The lowest BCUT2D eigenvalue weighted by Crippen LogP contribution is -2.55. The van der Waals surface area contributed by atoms with Gasteiger partial charge in [-0.1, -0.05) is 47.0 Å². The van der Waals surface area contributed by atoms with Crippen LogP contribution < -0.4 is 16.4 Å². The second-order valence-corrected chi connectivity index (χ2v) is 10.2. The number of carbonyl (C=O) groups is 2. The summed E-state index contributed by atoms with van der Waals surface area (Å²) >= 11 is 0. The minimum atomic E-state index is -2.39. The third-order valence-corrected chi connectivity index (χ3v) is 6.97. The molecule has 0 radical (unpaired) electrons. The number of nitrogens with one attached hydrogen (secondary N) is 2. The zero-order valence-electron chi connectivity index (χ0n) is 18.1. The van der Waals surface area contributed by atoms with Crippen molar-refractivity contribution in [1.82, 2.24) is 10.6 Å². The highest BCUT2D eigenvalue weighted by molar-refractivity contribution is 7.38. The molecule has 0 saturated heterocycles. The molecular weight excluding hydrogens is 393 g/mol. The summed E-state index contributed by atoms with van der Waals surface area (Å²) in [6.07, 6.45) is 4.31. The molecule has 1 saturated carbocycles. The fraction of sp³-hybridized carbons (Fsp3) is 0.900. The van der Waals surface area contributed by atoms with Gasteiger partial charge in [-0.3, -0.25) is 9.59 Å². The summed E-state index contributed by atoms with van der Waals surface area (Å²) in [6, 6.07) is -1.46. The highest BCUT2D eigenvalue weighted by Crippen LogP contribution is 2.40. The Labute approximate surface area is 175 Å². The molecule has 9 heteroatoms. The molecule has 6 N–H and O–H groups in total. The van der Waals surface area contributed by atoms with E-state index in [9.17, 15) is 24.2 Å². The van der Waals surface area contributed by atoms with Crippen molar-refractivity contribution in [3.8, 4) is 0 Å². The maximum atomic E-state index is 12.6. The van der Waals surface area contributed by atoms with Crippen LogP contribution in [0, 0.1) is 17.8 Å². The molecule has 0 heterocycles. The van der Waals surface area contributed by atoms with Crippen molar-refractivity contribution in [3.05, 3.63) is 0 Å². The summed E-state index contributed by atoms with van der Waals surface area (Å²) in [7, 11) is -2.39. The molecule has 1 rings (SSSR count). The molecule has 0 spiro atoms. The first-order chi connectivity index (χ1) is 13.5. The van der Waals surface area contributed by atoms with Gasteiger partial charge in [0.15, 0.2) is 5.66 Å². The summed E-state index contributed by atoms with van der Waals surface area (Å²) in [5.74, 6) is -0.847. The van der Waals surface area contributed by atoms with Gasteiger partial charge in [0.2, 0.25) is 11.8 Å². The van der Waals surface area contributed by atoms with Crippen LogP contribution in [0.2, 0.25) is 0 Å². The van der Waals surface area contributed by atoms with E-state index in [1.165, 1.54) is 0 Å². The molecule has 8 nitrogen and oxygen atoms in total. The lowest BCUT2D eigenvalue weighted by atomic mass is 9.85. The molecule has 2 amide bonds. The van der Waals surface area contributed by atoms with Gasteiger partial charge in [-0.2, -0.15) is 4.89 Å². The third-order valence-electron chi connectivity index (χ3n) is 5.77. The van der Waals surface area contributed by atoms with Crippen LogP contribution >= 0.6 is 8.03 Å². The highest BCUT2D eigenvalue weighted by Gasteiger charge is 2.39. The number of amides is 2. The van der Waals surface area contributed by atoms with E-state index in [2.05, 4.69) is 10.6 Å². The van der Waals surface area contributed by atoms with Gasteiger partial charge in [0.1, 0.15) is 6.04 Å². The van der Waals surface area contributed by atoms with Gasteiger partial charge < -0.3 is 21.5 Å². The molecule has 1 fully saturated rings. The highest BCUT2D eigenvalue weighted by atomic mass is 31.1. The summed E-state index contributed by atoms with van der Waals surface area (Å²) in [5, 5.41) is 15.7. The topological polar surface area (TPSA) is 142 Å². The van der Waals surface area contributed by atoms with Crippen LogP contribution in [0.15, 0.2) is 0 Å². The maximum absolute atomic E-state index is 12.6. The Morgan fingerprint density at radius 2 is 1.66 bits per heavy atom. The average molecular weight is 433 g/mol. The van der Waals surface area contributed by atoms with Crippen molar-refractivity contribution in [1.29, 1.82) is 0 Å². The zero-order valence-corrected chi connectivity index (χ0v) is 19.0. The number of aliphatic hydroxyl groups excluding tert-OH is 1. The van der Waals surface area contributed by atoms with Crippen LogP contribution in [0.5, 0.6) is 0 Å². The van der Waals surface area contributed by atoms with Crippen molar-refractivity contribution in [3.63, 3.8) is 0 Å². The maximum Gasteiger partial charge on any atom is 0.509 e. The fourth-order valence-corrected chi connectivity index (χ4v) is 4.84. The number of hydrogen-bond acceptors (Lipinski definition) is 5. The molecule has 0 aromatic rings. The Hall–Kier alpha value is -1.08. The standard InChI is InChI=1S/C20H38N3O5P/c1-12(2)17(21)19(25)23-18(13(3)4)20(26)22-11-15(24)10-16(29(27)28)14-8-6-5-7-9-14/h12-18,24H,5-11,21H2,1-4H3,(H2-,22,23,25,26,27,28)/p+1/t15-,16?,17-,18-/m1/s1. The van der Waals surface area contributed by atoms with E-state index in [0.717, 1.165) is 32.1 Å². The number of carbonyl (C=O) groups excluding carboxylic acids is 2. The van der Waals surface area contributed by atoms with E-state index < -0.39 is 37.8 Å². The largest absolute Gasteiger partial charge is 0.509 e. The normalized spacial score (nSPS) is 20.1. The lowest BCUT2D eigenvalue weighted by molar-refractivity contribution is -0.131. The number of aliphatic hydroxyl groups is 1. The fourth-order valence-electron chi connectivity index (χ4n) is 3.76. The molecule has 168 valence electrons. The third kappa shape index (κ3) is 8.67. The van der Waals surface area contributed by atoms with Crippen LogP contribution in [0.4, 0.5) is 0 Å². The molecule has 5 atom stereocenters. The Kier molecular flexibility index (Phi) is 11.3. The molecular formula is C20H39N3O5P+. The minimum absolute atomic E-state index is 0.0272. The van der Waals surface area contributed by atoms with Crippen molar-refractivity contribution >= 4 is 19.8 Å². The van der Waals surface area contributed by atoms with Gasteiger partial charge in [-0.15, -0.1) is 0 Å². The first-order valence-electron chi connectivity index (χ1n) is 10.7. The van der Waals surface area contributed by atoms with Crippen LogP contribution in [0.3, 0.4) is 0 Å². The predicted octanol–water partition coefficient (Wildman–Crippen LogP) is 1.66. The average Bonchev–Trinajstić information content (AvgIpc) is 2.67. The Morgan fingerprint density at radius 3 is 2.14 bits per heavy atom. The first kappa shape index (κ1) is 26.0. The number of hydrogen-bond donors (Lipinski definition) is 5. The van der Waals surface area contributed by atoms with Crippen molar-refractivity contribution in [2.75, 3.05) is 6.54 Å². The van der Waals surface area contributed by atoms with E-state index in [1.807, 2.05) is 27.7 Å². The molecule has 0 aromatic carbocycles.